The van der Waals surface area contributed by atoms with Gasteiger partial charge in [-0.05, 0) is 24.9 Å². The molecule has 134 valence electrons. The number of hydrogen-bond donors (Lipinski definition) is 3. The van der Waals surface area contributed by atoms with Crippen LogP contribution >= 0.6 is 0 Å². The van der Waals surface area contributed by atoms with Gasteiger partial charge in [0.2, 0.25) is 0 Å². The van der Waals surface area contributed by atoms with Gasteiger partial charge in [-0.15, -0.1) is 12.3 Å². The lowest BCUT2D eigenvalue weighted by Crippen LogP contribution is -2.56. The molecule has 0 aromatic heterocycles. The smallest absolute Gasteiger partial charge is 0.317 e. The molecule has 1 aromatic rings. The van der Waals surface area contributed by atoms with Crippen LogP contribution in [0.2, 0.25) is 0 Å². The summed E-state index contributed by atoms with van der Waals surface area (Å²) in [6.07, 6.45) is 7.36. The van der Waals surface area contributed by atoms with Crippen LogP contribution in [-0.4, -0.2) is 47.2 Å². The zero-order valence-corrected chi connectivity index (χ0v) is 14.4. The highest BCUT2D eigenvalue weighted by molar-refractivity contribution is 5.75. The second-order valence-electron chi connectivity index (χ2n) is 6.27. The maximum Gasteiger partial charge on any atom is 0.317 e. The fraction of sp³-hybridized carbons (Fsp3) is 0.474. The lowest BCUT2D eigenvalue weighted by Gasteiger charge is -2.42. The van der Waals surface area contributed by atoms with Crippen molar-refractivity contribution in [2.45, 2.75) is 44.3 Å². The number of carboxylic acids is 1. The molecule has 1 atom stereocenters. The van der Waals surface area contributed by atoms with Gasteiger partial charge in [-0.3, -0.25) is 9.69 Å². The molecular weight excluding hydrogens is 318 g/mol. The fourth-order valence-electron chi connectivity index (χ4n) is 3.12. The molecule has 2 amide bonds. The van der Waals surface area contributed by atoms with E-state index in [4.69, 9.17) is 11.5 Å². The van der Waals surface area contributed by atoms with Crippen LogP contribution in [0.15, 0.2) is 30.3 Å². The van der Waals surface area contributed by atoms with Crippen LogP contribution < -0.4 is 10.6 Å². The second kappa shape index (κ2) is 9.09. The molecule has 6 nitrogen and oxygen atoms in total. The standard InChI is InChI=1S/C19H25N3O3/c1-3-8-17(14-9-6-5-7-10-14)21-19(25)20-15-11-16(12-15)22(4-2)13-18(23)24/h1,5-7,9-10,15-17H,4,8,11-13H2,2H3,(H,23,24)(H2,20,21,25). The molecule has 1 aliphatic carbocycles. The minimum Gasteiger partial charge on any atom is -0.480 e. The van der Waals surface area contributed by atoms with Crippen molar-refractivity contribution in [1.82, 2.24) is 15.5 Å². The normalized spacial score (nSPS) is 20.2. The van der Waals surface area contributed by atoms with Gasteiger partial charge < -0.3 is 15.7 Å². The number of likely N-dealkylation sites (N-methyl/N-ethyl adjacent to an activating group) is 1. The maximum absolute atomic E-state index is 12.2. The number of rotatable bonds is 8. The summed E-state index contributed by atoms with van der Waals surface area (Å²) in [6, 6.07) is 9.43. The van der Waals surface area contributed by atoms with Gasteiger partial charge in [-0.1, -0.05) is 37.3 Å². The predicted molar refractivity (Wildman–Crippen MR) is 96.0 cm³/mol. The number of benzene rings is 1. The molecule has 0 saturated heterocycles. The third kappa shape index (κ3) is 5.50. The summed E-state index contributed by atoms with van der Waals surface area (Å²) >= 11 is 0. The Labute approximate surface area is 148 Å². The number of hydrogen-bond acceptors (Lipinski definition) is 3. The second-order valence-corrected chi connectivity index (χ2v) is 6.27. The van der Waals surface area contributed by atoms with E-state index in [1.54, 1.807) is 0 Å². The van der Waals surface area contributed by atoms with Gasteiger partial charge in [0, 0.05) is 18.5 Å². The van der Waals surface area contributed by atoms with Crippen molar-refractivity contribution >= 4 is 12.0 Å². The number of urea groups is 1. The van der Waals surface area contributed by atoms with E-state index in [1.165, 1.54) is 0 Å². The van der Waals surface area contributed by atoms with Gasteiger partial charge in [0.05, 0.1) is 12.6 Å². The third-order valence-corrected chi connectivity index (χ3v) is 4.54. The highest BCUT2D eigenvalue weighted by Crippen LogP contribution is 2.25. The first-order valence-corrected chi connectivity index (χ1v) is 8.54. The van der Waals surface area contributed by atoms with Crippen molar-refractivity contribution in [2.24, 2.45) is 0 Å². The first-order chi connectivity index (χ1) is 12.0. The van der Waals surface area contributed by atoms with Gasteiger partial charge in [0.1, 0.15) is 0 Å². The Balaban J connectivity index is 1.81. The first-order valence-electron chi connectivity index (χ1n) is 8.54. The Bertz CT molecular complexity index is 621. The summed E-state index contributed by atoms with van der Waals surface area (Å²) in [4.78, 5) is 25.0. The molecule has 0 bridgehead atoms. The molecule has 1 aliphatic rings. The minimum atomic E-state index is -0.823. The molecule has 25 heavy (non-hydrogen) atoms. The summed E-state index contributed by atoms with van der Waals surface area (Å²) in [5, 5.41) is 14.8. The molecule has 1 aromatic carbocycles. The van der Waals surface area contributed by atoms with E-state index in [9.17, 15) is 9.59 Å². The molecule has 0 radical (unpaired) electrons. The van der Waals surface area contributed by atoms with Crippen molar-refractivity contribution in [3.63, 3.8) is 0 Å². The van der Waals surface area contributed by atoms with Crippen molar-refractivity contribution in [3.8, 4) is 12.3 Å². The van der Waals surface area contributed by atoms with Crippen LogP contribution in [-0.2, 0) is 4.79 Å². The topological polar surface area (TPSA) is 81.7 Å². The number of nitrogens with one attached hydrogen (secondary N) is 2. The maximum atomic E-state index is 12.2. The lowest BCUT2D eigenvalue weighted by atomic mass is 9.85. The molecule has 1 saturated carbocycles. The average Bonchev–Trinajstić information content (AvgIpc) is 2.56. The van der Waals surface area contributed by atoms with Crippen LogP contribution in [0.3, 0.4) is 0 Å². The summed E-state index contributed by atoms with van der Waals surface area (Å²) in [5.74, 6) is 1.77. The van der Waals surface area contributed by atoms with Crippen LogP contribution in [0.5, 0.6) is 0 Å². The van der Waals surface area contributed by atoms with Gasteiger partial charge in [0.25, 0.3) is 0 Å². The largest absolute Gasteiger partial charge is 0.480 e. The van der Waals surface area contributed by atoms with Crippen molar-refractivity contribution in [3.05, 3.63) is 35.9 Å². The number of nitrogens with zero attached hydrogens (tertiary/aromatic N) is 1. The van der Waals surface area contributed by atoms with Crippen molar-refractivity contribution in [1.29, 1.82) is 0 Å². The molecule has 0 spiro atoms. The molecule has 6 heteroatoms. The monoisotopic (exact) mass is 343 g/mol. The SMILES string of the molecule is C#CCC(NC(=O)NC1CC(N(CC)CC(=O)O)C1)c1ccccc1. The summed E-state index contributed by atoms with van der Waals surface area (Å²) in [6.45, 7) is 2.67. The van der Waals surface area contributed by atoms with Crippen LogP contribution in [0.25, 0.3) is 0 Å². The summed E-state index contributed by atoms with van der Waals surface area (Å²) in [5.41, 5.74) is 0.973. The lowest BCUT2D eigenvalue weighted by molar-refractivity contribution is -0.139. The minimum absolute atomic E-state index is 0.0400. The van der Waals surface area contributed by atoms with E-state index in [0.29, 0.717) is 13.0 Å². The molecule has 1 fully saturated rings. The van der Waals surface area contributed by atoms with Gasteiger partial charge >= 0.3 is 12.0 Å². The van der Waals surface area contributed by atoms with E-state index in [0.717, 1.165) is 18.4 Å². The Hall–Kier alpha value is -2.52. The highest BCUT2D eigenvalue weighted by atomic mass is 16.4. The molecular formula is C19H25N3O3. The van der Waals surface area contributed by atoms with Gasteiger partial charge in [-0.2, -0.15) is 0 Å². The third-order valence-electron chi connectivity index (χ3n) is 4.54. The molecule has 1 unspecified atom stereocenters. The molecule has 0 aliphatic heterocycles. The fourth-order valence-corrected chi connectivity index (χ4v) is 3.12. The quantitative estimate of drug-likeness (QED) is 0.631. The Kier molecular flexibility index (Phi) is 6.84. The zero-order chi connectivity index (χ0) is 18.2. The predicted octanol–water partition coefficient (Wildman–Crippen LogP) is 1.99. The summed E-state index contributed by atoms with van der Waals surface area (Å²) in [7, 11) is 0. The Morgan fingerprint density at radius 2 is 2.04 bits per heavy atom. The van der Waals surface area contributed by atoms with E-state index in [1.807, 2.05) is 42.2 Å². The van der Waals surface area contributed by atoms with Crippen molar-refractivity contribution < 1.29 is 14.7 Å². The zero-order valence-electron chi connectivity index (χ0n) is 14.4. The van der Waals surface area contributed by atoms with Crippen LogP contribution in [0, 0.1) is 12.3 Å². The van der Waals surface area contributed by atoms with Crippen molar-refractivity contribution in [2.75, 3.05) is 13.1 Å². The molecule has 2 rings (SSSR count). The number of carboxylic acid groups (broad SMARTS) is 1. The molecule has 3 N–H and O–H groups in total. The van der Waals surface area contributed by atoms with E-state index in [2.05, 4.69) is 16.6 Å². The first kappa shape index (κ1) is 18.8. The average molecular weight is 343 g/mol. The van der Waals surface area contributed by atoms with Crippen LogP contribution in [0.4, 0.5) is 4.79 Å². The number of carbonyl (C=O) groups excluding carboxylic acids is 1. The number of amides is 2. The van der Waals surface area contributed by atoms with Gasteiger partial charge in [-0.25, -0.2) is 4.79 Å². The van der Waals surface area contributed by atoms with E-state index in [-0.39, 0.29) is 30.7 Å². The van der Waals surface area contributed by atoms with E-state index < -0.39 is 5.97 Å². The van der Waals surface area contributed by atoms with Crippen LogP contribution in [0.1, 0.15) is 37.8 Å². The number of carbonyl (C=O) groups is 2. The Morgan fingerprint density at radius 1 is 1.36 bits per heavy atom. The Morgan fingerprint density at radius 3 is 2.60 bits per heavy atom. The number of aliphatic carboxylic acids is 1. The van der Waals surface area contributed by atoms with E-state index >= 15 is 0 Å². The highest BCUT2D eigenvalue weighted by Gasteiger charge is 2.34. The number of terminal acetylenes is 1. The summed E-state index contributed by atoms with van der Waals surface area (Å²) < 4.78 is 0. The van der Waals surface area contributed by atoms with Gasteiger partial charge in [0.15, 0.2) is 0 Å². The molecule has 0 heterocycles.